The third-order valence-corrected chi connectivity index (χ3v) is 2.15. The highest BCUT2D eigenvalue weighted by molar-refractivity contribution is 7.37. The number of hydrogen-bond donors (Lipinski definition) is 1. The Hall–Kier alpha value is -0.300. The van der Waals surface area contributed by atoms with Crippen LogP contribution in [-0.4, -0.2) is 11.1 Å². The normalized spacial score (nSPS) is 11.8. The summed E-state index contributed by atoms with van der Waals surface area (Å²) in [5.74, 6) is 0. The lowest BCUT2D eigenvalue weighted by Gasteiger charge is -1.96. The molecule has 0 fully saturated rings. The minimum absolute atomic E-state index is 0. The molecule has 2 nitrogen and oxygen atoms in total. The van der Waals surface area contributed by atoms with Gasteiger partial charge >= 0.3 is 0 Å². The largest absolute Gasteiger partial charge is 0.346 e. The Balaban J connectivity index is 0.00000121. The fraction of sp³-hybridized carbons (Fsp3) is 0.250. The standard InChI is InChI=1S/C8H11O2P.ClH/c9-11(10)7-6-8-4-2-1-3-5-8;/h1-5,11H,6-7H2,(H,9,10);1H. The molecule has 1 N–H and O–H groups in total. The summed E-state index contributed by atoms with van der Waals surface area (Å²) in [6.07, 6.45) is 1.10. The fourth-order valence-corrected chi connectivity index (χ4v) is 1.40. The Labute approximate surface area is 78.9 Å². The summed E-state index contributed by atoms with van der Waals surface area (Å²) in [7, 11) is -2.28. The number of halogens is 1. The molecule has 0 saturated carbocycles. The first-order chi connectivity index (χ1) is 5.29. The molecule has 1 aromatic rings. The second-order valence-electron chi connectivity index (χ2n) is 2.38. The Morgan fingerprint density at radius 1 is 1.25 bits per heavy atom. The van der Waals surface area contributed by atoms with E-state index in [1.54, 1.807) is 0 Å². The van der Waals surface area contributed by atoms with Crippen molar-refractivity contribution in [1.82, 2.24) is 0 Å². The molecule has 0 aliphatic carbocycles. The summed E-state index contributed by atoms with van der Waals surface area (Å²) in [6.45, 7) is 0. The molecule has 0 saturated heterocycles. The van der Waals surface area contributed by atoms with Gasteiger partial charge in [-0.15, -0.1) is 12.4 Å². The van der Waals surface area contributed by atoms with E-state index in [0.29, 0.717) is 12.6 Å². The monoisotopic (exact) mass is 206 g/mol. The highest BCUT2D eigenvalue weighted by Gasteiger charge is 1.94. The van der Waals surface area contributed by atoms with Crippen molar-refractivity contribution < 1.29 is 9.46 Å². The van der Waals surface area contributed by atoms with Gasteiger partial charge in [-0.05, 0) is 12.0 Å². The van der Waals surface area contributed by atoms with Crippen molar-refractivity contribution in [3.63, 3.8) is 0 Å². The molecule has 0 aliphatic rings. The van der Waals surface area contributed by atoms with Gasteiger partial charge < -0.3 is 4.89 Å². The SMILES string of the molecule is Cl.O=[PH](O)CCc1ccccc1. The van der Waals surface area contributed by atoms with Crippen molar-refractivity contribution >= 4 is 20.4 Å². The van der Waals surface area contributed by atoms with Crippen LogP contribution in [0.15, 0.2) is 30.3 Å². The zero-order chi connectivity index (χ0) is 8.10. The van der Waals surface area contributed by atoms with E-state index in [0.717, 1.165) is 5.56 Å². The van der Waals surface area contributed by atoms with Gasteiger partial charge in [0.1, 0.15) is 0 Å². The zero-order valence-corrected chi connectivity index (χ0v) is 8.38. The molecule has 0 spiro atoms. The molecular formula is C8H12ClO2P. The molecule has 68 valence electrons. The van der Waals surface area contributed by atoms with Crippen molar-refractivity contribution in [2.45, 2.75) is 6.42 Å². The van der Waals surface area contributed by atoms with Gasteiger partial charge in [0.2, 0.25) is 0 Å². The van der Waals surface area contributed by atoms with E-state index >= 15 is 0 Å². The Bertz CT molecular complexity index is 238. The zero-order valence-electron chi connectivity index (χ0n) is 6.56. The fourth-order valence-electron chi connectivity index (χ4n) is 0.896. The van der Waals surface area contributed by atoms with E-state index in [-0.39, 0.29) is 12.4 Å². The highest BCUT2D eigenvalue weighted by atomic mass is 35.5. The van der Waals surface area contributed by atoms with Crippen LogP contribution in [0.1, 0.15) is 5.56 Å². The van der Waals surface area contributed by atoms with Gasteiger partial charge in [0.15, 0.2) is 8.03 Å². The topological polar surface area (TPSA) is 37.3 Å². The number of hydrogen-bond acceptors (Lipinski definition) is 1. The Morgan fingerprint density at radius 2 is 1.83 bits per heavy atom. The van der Waals surface area contributed by atoms with Crippen LogP contribution < -0.4 is 0 Å². The summed E-state index contributed by atoms with van der Waals surface area (Å²) >= 11 is 0. The number of benzene rings is 1. The van der Waals surface area contributed by atoms with E-state index in [4.69, 9.17) is 4.89 Å². The molecular weight excluding hydrogens is 195 g/mol. The third kappa shape index (κ3) is 4.55. The minimum Gasteiger partial charge on any atom is -0.346 e. The van der Waals surface area contributed by atoms with Crippen LogP contribution in [0.25, 0.3) is 0 Å². The van der Waals surface area contributed by atoms with Crippen molar-refractivity contribution in [2.24, 2.45) is 0 Å². The van der Waals surface area contributed by atoms with Crippen LogP contribution >= 0.6 is 20.4 Å². The van der Waals surface area contributed by atoms with Gasteiger partial charge in [0, 0.05) is 6.16 Å². The maximum Gasteiger partial charge on any atom is 0.189 e. The quantitative estimate of drug-likeness (QED) is 0.770. The first kappa shape index (κ1) is 11.7. The minimum atomic E-state index is -2.28. The molecule has 0 bridgehead atoms. The molecule has 1 atom stereocenters. The smallest absolute Gasteiger partial charge is 0.189 e. The molecule has 0 heterocycles. The van der Waals surface area contributed by atoms with Crippen molar-refractivity contribution in [3.8, 4) is 0 Å². The molecule has 4 heteroatoms. The van der Waals surface area contributed by atoms with Crippen molar-refractivity contribution in [1.29, 1.82) is 0 Å². The molecule has 1 unspecified atom stereocenters. The van der Waals surface area contributed by atoms with Gasteiger partial charge in [-0.25, -0.2) is 0 Å². The van der Waals surface area contributed by atoms with Crippen molar-refractivity contribution in [3.05, 3.63) is 35.9 Å². The Kier molecular flexibility index (Phi) is 6.09. The third-order valence-electron chi connectivity index (χ3n) is 1.47. The van der Waals surface area contributed by atoms with E-state index in [9.17, 15) is 4.57 Å². The maximum absolute atomic E-state index is 10.4. The lowest BCUT2D eigenvalue weighted by Crippen LogP contribution is -1.86. The van der Waals surface area contributed by atoms with Crippen LogP contribution in [0.3, 0.4) is 0 Å². The van der Waals surface area contributed by atoms with E-state index < -0.39 is 8.03 Å². The summed E-state index contributed by atoms with van der Waals surface area (Å²) in [6, 6.07) is 9.73. The molecule has 1 aromatic carbocycles. The van der Waals surface area contributed by atoms with Crippen LogP contribution in [0.4, 0.5) is 0 Å². The van der Waals surface area contributed by atoms with E-state index in [1.807, 2.05) is 30.3 Å². The summed E-state index contributed by atoms with van der Waals surface area (Å²) < 4.78 is 10.4. The molecule has 0 amide bonds. The molecule has 1 rings (SSSR count). The lowest BCUT2D eigenvalue weighted by molar-refractivity contribution is 0.502. The van der Waals surface area contributed by atoms with E-state index in [2.05, 4.69) is 0 Å². The van der Waals surface area contributed by atoms with Crippen LogP contribution in [0.2, 0.25) is 0 Å². The second kappa shape index (κ2) is 6.24. The first-order valence-electron chi connectivity index (χ1n) is 3.55. The second-order valence-corrected chi connectivity index (χ2v) is 3.67. The summed E-state index contributed by atoms with van der Waals surface area (Å²) in [5.41, 5.74) is 1.12. The van der Waals surface area contributed by atoms with Gasteiger partial charge in [-0.3, -0.25) is 4.57 Å². The summed E-state index contributed by atoms with van der Waals surface area (Å²) in [4.78, 5) is 8.56. The van der Waals surface area contributed by atoms with Crippen LogP contribution in [-0.2, 0) is 11.0 Å². The number of rotatable bonds is 3. The van der Waals surface area contributed by atoms with E-state index in [1.165, 1.54) is 0 Å². The van der Waals surface area contributed by atoms with Crippen LogP contribution in [0, 0.1) is 0 Å². The summed E-state index contributed by atoms with van der Waals surface area (Å²) in [5, 5.41) is 0. The van der Waals surface area contributed by atoms with Gasteiger partial charge in [0.25, 0.3) is 0 Å². The lowest BCUT2D eigenvalue weighted by atomic mass is 10.2. The molecule has 0 aliphatic heterocycles. The average Bonchev–Trinajstić information content (AvgIpc) is 2.03. The predicted octanol–water partition coefficient (Wildman–Crippen LogP) is 2.12. The molecule has 12 heavy (non-hydrogen) atoms. The maximum atomic E-state index is 10.4. The molecule has 0 aromatic heterocycles. The van der Waals surface area contributed by atoms with Crippen LogP contribution in [0.5, 0.6) is 0 Å². The van der Waals surface area contributed by atoms with Gasteiger partial charge in [0.05, 0.1) is 0 Å². The Morgan fingerprint density at radius 3 is 2.33 bits per heavy atom. The number of aryl methyl sites for hydroxylation is 1. The van der Waals surface area contributed by atoms with Gasteiger partial charge in [-0.1, -0.05) is 30.3 Å². The van der Waals surface area contributed by atoms with Crippen molar-refractivity contribution in [2.75, 3.05) is 6.16 Å². The highest BCUT2D eigenvalue weighted by Crippen LogP contribution is 2.14. The predicted molar refractivity (Wildman–Crippen MR) is 53.5 cm³/mol. The first-order valence-corrected chi connectivity index (χ1v) is 5.11. The van der Waals surface area contributed by atoms with Gasteiger partial charge in [-0.2, -0.15) is 0 Å². The average molecular weight is 207 g/mol. The molecule has 0 radical (unpaired) electrons.